The van der Waals surface area contributed by atoms with E-state index < -0.39 is 0 Å². The number of carbonyl (C=O) groups excluding carboxylic acids is 1. The van der Waals surface area contributed by atoms with Crippen LogP contribution in [-0.4, -0.2) is 74.4 Å². The van der Waals surface area contributed by atoms with Crippen LogP contribution in [0.2, 0.25) is 0 Å². The van der Waals surface area contributed by atoms with E-state index in [-0.39, 0.29) is 5.91 Å². The maximum atomic E-state index is 12.7. The van der Waals surface area contributed by atoms with E-state index in [1.807, 2.05) is 29.2 Å². The first-order valence-electron chi connectivity index (χ1n) is 12.0. The number of morpholine rings is 1. The molecular weight excluding hydrogens is 404 g/mol. The van der Waals surface area contributed by atoms with Crippen LogP contribution >= 0.6 is 0 Å². The molecule has 6 nitrogen and oxygen atoms in total. The molecule has 1 amide bonds. The summed E-state index contributed by atoms with van der Waals surface area (Å²) in [6.45, 7) is 14.0. The van der Waals surface area contributed by atoms with Crippen LogP contribution in [0.15, 0.2) is 24.3 Å². The molecule has 0 aromatic heterocycles. The summed E-state index contributed by atoms with van der Waals surface area (Å²) in [5, 5.41) is 0. The number of piperidine rings is 1. The van der Waals surface area contributed by atoms with Gasteiger partial charge in [-0.3, -0.25) is 9.69 Å². The molecule has 0 bridgehead atoms. The average Bonchev–Trinajstić information content (AvgIpc) is 2.76. The van der Waals surface area contributed by atoms with Crippen molar-refractivity contribution in [1.82, 2.24) is 9.80 Å². The Morgan fingerprint density at radius 1 is 1.16 bits per heavy atom. The van der Waals surface area contributed by atoms with Crippen LogP contribution in [0.3, 0.4) is 0 Å². The Kier molecular flexibility index (Phi) is 9.00. The predicted octanol–water partition coefficient (Wildman–Crippen LogP) is 4.09. The lowest BCUT2D eigenvalue weighted by Gasteiger charge is -2.39. The smallest absolute Gasteiger partial charge is 0.246 e. The van der Waals surface area contributed by atoms with Crippen molar-refractivity contribution in [3.05, 3.63) is 29.8 Å². The molecule has 32 heavy (non-hydrogen) atoms. The van der Waals surface area contributed by atoms with E-state index in [1.165, 1.54) is 0 Å². The maximum Gasteiger partial charge on any atom is 0.246 e. The van der Waals surface area contributed by atoms with Crippen LogP contribution in [0.25, 0.3) is 6.08 Å². The van der Waals surface area contributed by atoms with Gasteiger partial charge in [-0.15, -0.1) is 0 Å². The first-order chi connectivity index (χ1) is 15.3. The third-order valence-electron chi connectivity index (χ3n) is 6.12. The molecular formula is C26H40N2O4. The van der Waals surface area contributed by atoms with Gasteiger partial charge >= 0.3 is 0 Å². The first-order valence-corrected chi connectivity index (χ1v) is 12.0. The number of hydrogen-bond acceptors (Lipinski definition) is 5. The van der Waals surface area contributed by atoms with Crippen LogP contribution in [0.4, 0.5) is 0 Å². The minimum absolute atomic E-state index is 0.0798. The van der Waals surface area contributed by atoms with Crippen LogP contribution in [-0.2, 0) is 9.53 Å². The number of ether oxygens (including phenoxy) is 3. The number of rotatable bonds is 8. The molecule has 2 saturated heterocycles. The van der Waals surface area contributed by atoms with E-state index in [1.54, 1.807) is 13.2 Å². The van der Waals surface area contributed by atoms with E-state index in [0.717, 1.165) is 56.9 Å². The SMILES string of the molecule is COc1cc(/C=C/C(=O)N2CCC(CN3CC(C)OC(C)C3)CC2)ccc1OCC(C)C. The highest BCUT2D eigenvalue weighted by atomic mass is 16.5. The summed E-state index contributed by atoms with van der Waals surface area (Å²) < 4.78 is 17.1. The second-order valence-corrected chi connectivity index (χ2v) is 9.69. The molecule has 0 aliphatic carbocycles. The van der Waals surface area contributed by atoms with Crippen molar-refractivity contribution >= 4 is 12.0 Å². The van der Waals surface area contributed by atoms with Gasteiger partial charge in [0.15, 0.2) is 11.5 Å². The van der Waals surface area contributed by atoms with Crippen molar-refractivity contribution in [3.8, 4) is 11.5 Å². The first kappa shape index (κ1) is 24.6. The molecule has 2 aliphatic heterocycles. The van der Waals surface area contributed by atoms with Crippen molar-refractivity contribution in [2.75, 3.05) is 46.4 Å². The summed E-state index contributed by atoms with van der Waals surface area (Å²) in [6, 6.07) is 5.78. The van der Waals surface area contributed by atoms with E-state index in [2.05, 4.69) is 32.6 Å². The van der Waals surface area contributed by atoms with E-state index >= 15 is 0 Å². The van der Waals surface area contributed by atoms with Gasteiger partial charge in [0.25, 0.3) is 0 Å². The summed E-state index contributed by atoms with van der Waals surface area (Å²) in [5.41, 5.74) is 0.928. The van der Waals surface area contributed by atoms with Gasteiger partial charge in [-0.2, -0.15) is 0 Å². The lowest BCUT2D eigenvalue weighted by atomic mass is 9.95. The highest BCUT2D eigenvalue weighted by molar-refractivity contribution is 5.91. The van der Waals surface area contributed by atoms with Crippen LogP contribution < -0.4 is 9.47 Å². The van der Waals surface area contributed by atoms with Gasteiger partial charge in [-0.1, -0.05) is 19.9 Å². The number of carbonyl (C=O) groups is 1. The molecule has 0 saturated carbocycles. The largest absolute Gasteiger partial charge is 0.493 e. The minimum atomic E-state index is 0.0798. The normalized spacial score (nSPS) is 23.1. The number of hydrogen-bond donors (Lipinski definition) is 0. The standard InChI is InChI=1S/C26H40N2O4/c1-19(2)18-31-24-8-6-22(14-25(24)30-5)7-9-26(29)28-12-10-23(11-13-28)17-27-15-20(3)32-21(4)16-27/h6-9,14,19-21,23H,10-13,15-18H2,1-5H3/b9-7+. The Hall–Kier alpha value is -2.05. The summed E-state index contributed by atoms with van der Waals surface area (Å²) in [4.78, 5) is 17.2. The fourth-order valence-electron chi connectivity index (χ4n) is 4.57. The maximum absolute atomic E-state index is 12.7. The molecule has 0 spiro atoms. The van der Waals surface area contributed by atoms with Gasteiger partial charge in [0.2, 0.25) is 5.91 Å². The van der Waals surface area contributed by atoms with E-state index in [0.29, 0.717) is 36.4 Å². The Bertz CT molecular complexity index is 761. The van der Waals surface area contributed by atoms with Gasteiger partial charge in [-0.25, -0.2) is 0 Å². The molecule has 3 rings (SSSR count). The molecule has 0 radical (unpaired) electrons. The Balaban J connectivity index is 1.48. The van der Waals surface area contributed by atoms with Crippen molar-refractivity contribution in [1.29, 1.82) is 0 Å². The number of likely N-dealkylation sites (tertiary alicyclic amines) is 1. The molecule has 2 atom stereocenters. The molecule has 2 aliphatic rings. The molecule has 6 heteroatoms. The van der Waals surface area contributed by atoms with Gasteiger partial charge in [-0.05, 0) is 62.3 Å². The van der Waals surface area contributed by atoms with Crippen LogP contribution in [0.5, 0.6) is 11.5 Å². The molecule has 1 aromatic rings. The molecule has 0 N–H and O–H groups in total. The fraction of sp³-hybridized carbons (Fsp3) is 0.654. The lowest BCUT2D eigenvalue weighted by molar-refractivity contribution is -0.127. The zero-order valence-electron chi connectivity index (χ0n) is 20.4. The lowest BCUT2D eigenvalue weighted by Crippen LogP contribution is -2.48. The highest BCUT2D eigenvalue weighted by Gasteiger charge is 2.27. The topological polar surface area (TPSA) is 51.2 Å². The van der Waals surface area contributed by atoms with E-state index in [4.69, 9.17) is 14.2 Å². The molecule has 2 fully saturated rings. The van der Waals surface area contributed by atoms with Crippen LogP contribution in [0.1, 0.15) is 46.1 Å². The summed E-state index contributed by atoms with van der Waals surface area (Å²) in [6.07, 6.45) is 6.28. The third-order valence-corrected chi connectivity index (χ3v) is 6.12. The van der Waals surface area contributed by atoms with Crippen molar-refractivity contribution in [2.24, 2.45) is 11.8 Å². The van der Waals surface area contributed by atoms with Gasteiger partial charge < -0.3 is 19.1 Å². The highest BCUT2D eigenvalue weighted by Crippen LogP contribution is 2.29. The molecule has 178 valence electrons. The number of methoxy groups -OCH3 is 1. The fourth-order valence-corrected chi connectivity index (χ4v) is 4.57. The van der Waals surface area contributed by atoms with Crippen molar-refractivity contribution in [2.45, 2.75) is 52.7 Å². The number of nitrogens with zero attached hydrogens (tertiary/aromatic N) is 2. The zero-order chi connectivity index (χ0) is 23.1. The average molecular weight is 445 g/mol. The molecule has 1 aromatic carbocycles. The van der Waals surface area contributed by atoms with Crippen molar-refractivity contribution < 1.29 is 19.0 Å². The van der Waals surface area contributed by atoms with Gasteiger partial charge in [0.05, 0.1) is 25.9 Å². The number of benzene rings is 1. The number of amides is 1. The minimum Gasteiger partial charge on any atom is -0.493 e. The quantitative estimate of drug-likeness (QED) is 0.565. The Morgan fingerprint density at radius 3 is 2.47 bits per heavy atom. The second kappa shape index (κ2) is 11.7. The molecule has 2 unspecified atom stereocenters. The van der Waals surface area contributed by atoms with E-state index in [9.17, 15) is 4.79 Å². The van der Waals surface area contributed by atoms with Crippen molar-refractivity contribution in [3.63, 3.8) is 0 Å². The zero-order valence-corrected chi connectivity index (χ0v) is 20.4. The summed E-state index contributed by atoms with van der Waals surface area (Å²) in [5.74, 6) is 2.60. The predicted molar refractivity (Wildman–Crippen MR) is 128 cm³/mol. The van der Waals surface area contributed by atoms with Crippen LogP contribution in [0, 0.1) is 11.8 Å². The summed E-state index contributed by atoms with van der Waals surface area (Å²) >= 11 is 0. The Labute approximate surface area is 193 Å². The second-order valence-electron chi connectivity index (χ2n) is 9.69. The van der Waals surface area contributed by atoms with Gasteiger partial charge in [0.1, 0.15) is 0 Å². The summed E-state index contributed by atoms with van der Waals surface area (Å²) in [7, 11) is 1.64. The third kappa shape index (κ3) is 7.24. The van der Waals surface area contributed by atoms with Gasteiger partial charge in [0, 0.05) is 38.8 Å². The molecule has 2 heterocycles. The Morgan fingerprint density at radius 2 is 1.84 bits per heavy atom. The monoisotopic (exact) mass is 444 g/mol.